The van der Waals surface area contributed by atoms with Gasteiger partial charge in [-0.25, -0.2) is 0 Å². The van der Waals surface area contributed by atoms with Gasteiger partial charge in [-0.15, -0.1) is 0 Å². The molecule has 132 valence electrons. The number of carbonyl (C=O) groups excluding carboxylic acids is 2. The number of hydrogen-bond donors (Lipinski definition) is 2. The van der Waals surface area contributed by atoms with Crippen LogP contribution in [0.25, 0.3) is 0 Å². The minimum absolute atomic E-state index is 0.00282. The van der Waals surface area contributed by atoms with Crippen LogP contribution in [-0.4, -0.2) is 42.9 Å². The molecule has 1 aliphatic rings. The maximum absolute atomic E-state index is 12.7. The van der Waals surface area contributed by atoms with Gasteiger partial charge in [0.2, 0.25) is 0 Å². The summed E-state index contributed by atoms with van der Waals surface area (Å²) in [7, 11) is 1.95. The van der Waals surface area contributed by atoms with E-state index in [0.29, 0.717) is 17.3 Å². The molecule has 0 bridgehead atoms. The molecule has 0 aliphatic carbocycles. The Labute approximate surface area is 147 Å². The molecular formula is C19H23N3O3. The molecule has 3 rings (SSSR count). The first-order valence-electron chi connectivity index (χ1n) is 8.50. The SMILES string of the molecule is CNC1CCN(C(=O)c2ccc(C)c(NC(=O)c3ccco3)c2)CC1. The summed E-state index contributed by atoms with van der Waals surface area (Å²) in [5, 5.41) is 6.07. The first kappa shape index (κ1) is 17.2. The first-order chi connectivity index (χ1) is 12.1. The molecule has 1 aromatic carbocycles. The van der Waals surface area contributed by atoms with Gasteiger partial charge < -0.3 is 20.0 Å². The van der Waals surface area contributed by atoms with Crippen molar-refractivity contribution in [3.8, 4) is 0 Å². The Morgan fingerprint density at radius 2 is 1.96 bits per heavy atom. The number of likely N-dealkylation sites (tertiary alicyclic amines) is 1. The zero-order valence-electron chi connectivity index (χ0n) is 14.5. The van der Waals surface area contributed by atoms with E-state index in [9.17, 15) is 9.59 Å². The number of nitrogens with one attached hydrogen (secondary N) is 2. The highest BCUT2D eigenvalue weighted by atomic mass is 16.3. The lowest BCUT2D eigenvalue weighted by Gasteiger charge is -2.32. The maximum atomic E-state index is 12.7. The predicted octanol–water partition coefficient (Wildman–Crippen LogP) is 2.66. The van der Waals surface area contributed by atoms with Crippen LogP contribution in [0.15, 0.2) is 41.0 Å². The molecule has 0 radical (unpaired) electrons. The Hall–Kier alpha value is -2.60. The number of amides is 2. The van der Waals surface area contributed by atoms with Crippen molar-refractivity contribution in [2.75, 3.05) is 25.5 Å². The summed E-state index contributed by atoms with van der Waals surface area (Å²) in [6.45, 7) is 3.38. The van der Waals surface area contributed by atoms with Crippen LogP contribution >= 0.6 is 0 Å². The second kappa shape index (κ2) is 7.53. The summed E-state index contributed by atoms with van der Waals surface area (Å²) < 4.78 is 5.11. The van der Waals surface area contributed by atoms with E-state index in [1.54, 1.807) is 18.2 Å². The zero-order valence-corrected chi connectivity index (χ0v) is 14.5. The fraction of sp³-hybridized carbons (Fsp3) is 0.368. The number of anilines is 1. The Balaban J connectivity index is 1.72. The number of carbonyl (C=O) groups is 2. The van der Waals surface area contributed by atoms with E-state index in [1.165, 1.54) is 6.26 Å². The second-order valence-corrected chi connectivity index (χ2v) is 6.32. The smallest absolute Gasteiger partial charge is 0.291 e. The summed E-state index contributed by atoms with van der Waals surface area (Å²) in [5.41, 5.74) is 2.10. The molecule has 2 N–H and O–H groups in total. The zero-order chi connectivity index (χ0) is 17.8. The van der Waals surface area contributed by atoms with Crippen molar-refractivity contribution in [1.29, 1.82) is 0 Å². The molecule has 0 saturated carbocycles. The molecule has 25 heavy (non-hydrogen) atoms. The quantitative estimate of drug-likeness (QED) is 0.896. The van der Waals surface area contributed by atoms with Crippen LogP contribution in [0.2, 0.25) is 0 Å². The Morgan fingerprint density at radius 1 is 1.20 bits per heavy atom. The fourth-order valence-electron chi connectivity index (χ4n) is 3.04. The molecule has 1 aliphatic heterocycles. The normalized spacial score (nSPS) is 15.2. The van der Waals surface area contributed by atoms with Gasteiger partial charge in [-0.05, 0) is 56.6 Å². The highest BCUT2D eigenvalue weighted by molar-refractivity contribution is 6.03. The van der Waals surface area contributed by atoms with Gasteiger partial charge in [0.1, 0.15) is 0 Å². The average molecular weight is 341 g/mol. The number of hydrogen-bond acceptors (Lipinski definition) is 4. The average Bonchev–Trinajstić information content (AvgIpc) is 3.18. The van der Waals surface area contributed by atoms with Crippen LogP contribution in [-0.2, 0) is 0 Å². The van der Waals surface area contributed by atoms with E-state index in [1.807, 2.05) is 31.0 Å². The number of rotatable bonds is 4. The van der Waals surface area contributed by atoms with Gasteiger partial charge >= 0.3 is 0 Å². The number of benzene rings is 1. The monoisotopic (exact) mass is 341 g/mol. The minimum Gasteiger partial charge on any atom is -0.459 e. The topological polar surface area (TPSA) is 74.6 Å². The fourth-order valence-corrected chi connectivity index (χ4v) is 3.04. The third-order valence-corrected chi connectivity index (χ3v) is 4.67. The molecule has 6 nitrogen and oxygen atoms in total. The molecule has 1 saturated heterocycles. The molecule has 2 heterocycles. The lowest BCUT2D eigenvalue weighted by atomic mass is 10.0. The molecule has 2 aromatic rings. The number of nitrogens with zero attached hydrogens (tertiary/aromatic N) is 1. The van der Waals surface area contributed by atoms with E-state index in [2.05, 4.69) is 10.6 Å². The molecule has 0 unspecified atom stereocenters. The number of piperidine rings is 1. The summed E-state index contributed by atoms with van der Waals surface area (Å²) in [4.78, 5) is 26.8. The van der Waals surface area contributed by atoms with Crippen molar-refractivity contribution in [3.63, 3.8) is 0 Å². The van der Waals surface area contributed by atoms with Crippen molar-refractivity contribution >= 4 is 17.5 Å². The Bertz CT molecular complexity index is 747. The number of furan rings is 1. The van der Waals surface area contributed by atoms with Gasteiger partial charge in [-0.2, -0.15) is 0 Å². The second-order valence-electron chi connectivity index (χ2n) is 6.32. The summed E-state index contributed by atoms with van der Waals surface area (Å²) >= 11 is 0. The van der Waals surface area contributed by atoms with E-state index >= 15 is 0 Å². The Kier molecular flexibility index (Phi) is 5.19. The van der Waals surface area contributed by atoms with Crippen molar-refractivity contribution in [2.45, 2.75) is 25.8 Å². The van der Waals surface area contributed by atoms with E-state index < -0.39 is 0 Å². The third-order valence-electron chi connectivity index (χ3n) is 4.67. The molecule has 0 atom stereocenters. The standard InChI is InChI=1S/C19H23N3O3/c1-13-5-6-14(19(24)22-9-7-15(20-2)8-10-22)12-16(13)21-18(23)17-4-3-11-25-17/h3-6,11-12,15,20H,7-10H2,1-2H3,(H,21,23). The molecule has 1 fully saturated rings. The third kappa shape index (κ3) is 3.91. The Morgan fingerprint density at radius 3 is 2.60 bits per heavy atom. The highest BCUT2D eigenvalue weighted by Gasteiger charge is 2.23. The van der Waals surface area contributed by atoms with Crippen molar-refractivity contribution in [2.24, 2.45) is 0 Å². The van der Waals surface area contributed by atoms with Crippen molar-refractivity contribution < 1.29 is 14.0 Å². The molecular weight excluding hydrogens is 318 g/mol. The largest absolute Gasteiger partial charge is 0.459 e. The molecule has 6 heteroatoms. The van der Waals surface area contributed by atoms with Crippen LogP contribution in [0.5, 0.6) is 0 Å². The van der Waals surface area contributed by atoms with Gasteiger partial charge in [-0.3, -0.25) is 9.59 Å². The maximum Gasteiger partial charge on any atom is 0.291 e. The van der Waals surface area contributed by atoms with Crippen LogP contribution < -0.4 is 10.6 Å². The van der Waals surface area contributed by atoms with E-state index in [0.717, 1.165) is 31.5 Å². The predicted molar refractivity (Wildman–Crippen MR) is 95.8 cm³/mol. The van der Waals surface area contributed by atoms with Crippen molar-refractivity contribution in [3.05, 3.63) is 53.5 Å². The van der Waals surface area contributed by atoms with Crippen molar-refractivity contribution in [1.82, 2.24) is 10.2 Å². The van der Waals surface area contributed by atoms with Crippen LogP contribution in [0.1, 0.15) is 39.3 Å². The van der Waals surface area contributed by atoms with E-state index in [4.69, 9.17) is 4.42 Å². The number of aryl methyl sites for hydroxylation is 1. The van der Waals surface area contributed by atoms with Gasteiger partial charge in [0.25, 0.3) is 11.8 Å². The van der Waals surface area contributed by atoms with Gasteiger partial charge in [0.15, 0.2) is 5.76 Å². The summed E-state index contributed by atoms with van der Waals surface area (Å²) in [5.74, 6) is -0.0825. The first-order valence-corrected chi connectivity index (χ1v) is 8.50. The van der Waals surface area contributed by atoms with Crippen LogP contribution in [0, 0.1) is 6.92 Å². The molecule has 0 spiro atoms. The highest BCUT2D eigenvalue weighted by Crippen LogP contribution is 2.21. The molecule has 2 amide bonds. The van der Waals surface area contributed by atoms with E-state index in [-0.39, 0.29) is 17.6 Å². The van der Waals surface area contributed by atoms with Gasteiger partial charge in [0.05, 0.1) is 6.26 Å². The van der Waals surface area contributed by atoms with Gasteiger partial charge in [0, 0.05) is 30.4 Å². The lowest BCUT2D eigenvalue weighted by Crippen LogP contribution is -2.43. The van der Waals surface area contributed by atoms with Crippen LogP contribution in [0.4, 0.5) is 5.69 Å². The van der Waals surface area contributed by atoms with Gasteiger partial charge in [-0.1, -0.05) is 6.07 Å². The summed E-state index contributed by atoms with van der Waals surface area (Å²) in [6, 6.07) is 9.14. The lowest BCUT2D eigenvalue weighted by molar-refractivity contribution is 0.0707. The molecule has 1 aromatic heterocycles. The van der Waals surface area contributed by atoms with Crippen LogP contribution in [0.3, 0.4) is 0 Å². The minimum atomic E-state index is -0.326. The summed E-state index contributed by atoms with van der Waals surface area (Å²) in [6.07, 6.45) is 3.36.